The SMILES string of the molecule is CCC1(CNC(=NC)NCCC(=O)OC(C)C)CCCC1.I. The monoisotopic (exact) mass is 425 g/mol. The Morgan fingerprint density at radius 2 is 1.91 bits per heavy atom. The number of nitrogens with zero attached hydrogens (tertiary/aromatic N) is 1. The molecule has 0 spiro atoms. The molecule has 0 bridgehead atoms. The van der Waals surface area contributed by atoms with Gasteiger partial charge in [0.25, 0.3) is 0 Å². The molecule has 0 aromatic carbocycles. The quantitative estimate of drug-likeness (QED) is 0.285. The topological polar surface area (TPSA) is 62.7 Å². The number of esters is 1. The lowest BCUT2D eigenvalue weighted by molar-refractivity contribution is -0.147. The third-order valence-electron chi connectivity index (χ3n) is 4.26. The van der Waals surface area contributed by atoms with Crippen LogP contribution in [0.3, 0.4) is 0 Å². The lowest BCUT2D eigenvalue weighted by atomic mass is 9.83. The molecule has 1 saturated carbocycles. The molecule has 0 heterocycles. The Kier molecular flexibility index (Phi) is 10.8. The molecule has 1 fully saturated rings. The standard InChI is InChI=1S/C16H31N3O2.HI/c1-5-16(9-6-7-10-16)12-19-15(17-4)18-11-8-14(20)21-13(2)3;/h13H,5-12H2,1-4H3,(H2,17,18,19);1H. The summed E-state index contributed by atoms with van der Waals surface area (Å²) in [6.45, 7) is 7.49. The molecule has 6 heteroatoms. The predicted octanol–water partition coefficient (Wildman–Crippen LogP) is 3.08. The molecule has 0 radical (unpaired) electrons. The van der Waals surface area contributed by atoms with E-state index in [1.54, 1.807) is 7.05 Å². The third-order valence-corrected chi connectivity index (χ3v) is 4.26. The van der Waals surface area contributed by atoms with Crippen molar-refractivity contribution in [2.45, 2.75) is 65.4 Å². The number of aliphatic imine (C=N–C) groups is 1. The maximum absolute atomic E-state index is 11.5. The number of ether oxygens (including phenoxy) is 1. The summed E-state index contributed by atoms with van der Waals surface area (Å²) in [6.07, 6.45) is 6.78. The molecule has 0 aromatic heterocycles. The van der Waals surface area contributed by atoms with Crippen molar-refractivity contribution in [2.75, 3.05) is 20.1 Å². The number of hydrogen-bond donors (Lipinski definition) is 2. The first-order chi connectivity index (χ1) is 10.0. The lowest BCUT2D eigenvalue weighted by Gasteiger charge is -2.28. The first kappa shape index (κ1) is 21.5. The van der Waals surface area contributed by atoms with E-state index in [9.17, 15) is 4.79 Å². The van der Waals surface area contributed by atoms with Crippen LogP contribution in [0.2, 0.25) is 0 Å². The Morgan fingerprint density at radius 3 is 2.41 bits per heavy atom. The van der Waals surface area contributed by atoms with Crippen molar-refractivity contribution in [3.63, 3.8) is 0 Å². The zero-order valence-corrected chi connectivity index (χ0v) is 16.7. The summed E-state index contributed by atoms with van der Waals surface area (Å²) >= 11 is 0. The highest BCUT2D eigenvalue weighted by Gasteiger charge is 2.31. The average Bonchev–Trinajstić information content (AvgIpc) is 2.91. The van der Waals surface area contributed by atoms with Gasteiger partial charge in [-0.2, -0.15) is 0 Å². The fourth-order valence-electron chi connectivity index (χ4n) is 2.88. The van der Waals surface area contributed by atoms with E-state index in [0.717, 1.165) is 12.5 Å². The molecular formula is C16H32IN3O2. The number of carbonyl (C=O) groups excluding carboxylic acids is 1. The maximum atomic E-state index is 11.5. The van der Waals surface area contributed by atoms with E-state index in [2.05, 4.69) is 22.5 Å². The highest BCUT2D eigenvalue weighted by atomic mass is 127. The second-order valence-electron chi connectivity index (χ2n) is 6.20. The largest absolute Gasteiger partial charge is 0.463 e. The van der Waals surface area contributed by atoms with Crippen molar-refractivity contribution < 1.29 is 9.53 Å². The predicted molar refractivity (Wildman–Crippen MR) is 102 cm³/mol. The molecule has 5 nitrogen and oxygen atoms in total. The Labute approximate surface area is 152 Å². The summed E-state index contributed by atoms with van der Waals surface area (Å²) in [4.78, 5) is 15.7. The molecule has 0 atom stereocenters. The van der Waals surface area contributed by atoms with Crippen molar-refractivity contribution >= 4 is 35.9 Å². The molecule has 2 N–H and O–H groups in total. The van der Waals surface area contributed by atoms with Gasteiger partial charge in [0.2, 0.25) is 0 Å². The van der Waals surface area contributed by atoms with Crippen LogP contribution in [0.5, 0.6) is 0 Å². The Bertz CT molecular complexity index is 353. The van der Waals surface area contributed by atoms with Gasteiger partial charge in [-0.15, -0.1) is 24.0 Å². The molecule has 0 saturated heterocycles. The van der Waals surface area contributed by atoms with Gasteiger partial charge in [-0.1, -0.05) is 19.8 Å². The van der Waals surface area contributed by atoms with Gasteiger partial charge in [-0.3, -0.25) is 9.79 Å². The van der Waals surface area contributed by atoms with E-state index >= 15 is 0 Å². The molecule has 0 aromatic rings. The zero-order chi connectivity index (χ0) is 15.7. The summed E-state index contributed by atoms with van der Waals surface area (Å²) in [5, 5.41) is 6.58. The van der Waals surface area contributed by atoms with Crippen molar-refractivity contribution in [3.05, 3.63) is 0 Å². The molecular weight excluding hydrogens is 393 g/mol. The molecule has 1 rings (SSSR count). The Morgan fingerprint density at radius 1 is 1.27 bits per heavy atom. The van der Waals surface area contributed by atoms with E-state index < -0.39 is 0 Å². The average molecular weight is 425 g/mol. The van der Waals surface area contributed by atoms with Gasteiger partial charge in [0, 0.05) is 20.1 Å². The van der Waals surface area contributed by atoms with Crippen LogP contribution in [0.25, 0.3) is 0 Å². The minimum absolute atomic E-state index is 0. The van der Waals surface area contributed by atoms with Crippen LogP contribution in [0, 0.1) is 5.41 Å². The van der Waals surface area contributed by atoms with Crippen molar-refractivity contribution in [1.82, 2.24) is 10.6 Å². The van der Waals surface area contributed by atoms with Crippen molar-refractivity contribution in [2.24, 2.45) is 10.4 Å². The van der Waals surface area contributed by atoms with Crippen LogP contribution in [0.15, 0.2) is 4.99 Å². The number of guanidine groups is 1. The van der Waals surface area contributed by atoms with Gasteiger partial charge in [-0.05, 0) is 38.5 Å². The minimum Gasteiger partial charge on any atom is -0.463 e. The molecule has 1 aliphatic rings. The van der Waals surface area contributed by atoms with E-state index in [1.165, 1.54) is 32.1 Å². The van der Waals surface area contributed by atoms with Gasteiger partial charge in [-0.25, -0.2) is 0 Å². The molecule has 130 valence electrons. The van der Waals surface area contributed by atoms with Crippen LogP contribution in [0.1, 0.15) is 59.3 Å². The molecule has 0 aliphatic heterocycles. The lowest BCUT2D eigenvalue weighted by Crippen LogP contribution is -2.43. The summed E-state index contributed by atoms with van der Waals surface area (Å²) in [7, 11) is 1.76. The highest BCUT2D eigenvalue weighted by molar-refractivity contribution is 14.0. The van der Waals surface area contributed by atoms with Crippen molar-refractivity contribution in [3.8, 4) is 0 Å². The summed E-state index contributed by atoms with van der Waals surface area (Å²) < 4.78 is 5.10. The first-order valence-electron chi connectivity index (χ1n) is 8.15. The van der Waals surface area contributed by atoms with Crippen LogP contribution in [-0.4, -0.2) is 38.2 Å². The second-order valence-corrected chi connectivity index (χ2v) is 6.20. The Balaban J connectivity index is 0.00000441. The maximum Gasteiger partial charge on any atom is 0.307 e. The van der Waals surface area contributed by atoms with Gasteiger partial charge in [0.1, 0.15) is 0 Å². The Hall–Kier alpha value is -0.530. The van der Waals surface area contributed by atoms with Gasteiger partial charge in [0.15, 0.2) is 5.96 Å². The number of nitrogens with one attached hydrogen (secondary N) is 2. The van der Waals surface area contributed by atoms with E-state index in [0.29, 0.717) is 18.4 Å². The van der Waals surface area contributed by atoms with E-state index in [4.69, 9.17) is 4.74 Å². The zero-order valence-electron chi connectivity index (χ0n) is 14.4. The van der Waals surface area contributed by atoms with Crippen LogP contribution < -0.4 is 10.6 Å². The van der Waals surface area contributed by atoms with Crippen molar-refractivity contribution in [1.29, 1.82) is 0 Å². The summed E-state index contributed by atoms with van der Waals surface area (Å²) in [6, 6.07) is 0. The third kappa shape index (κ3) is 7.65. The minimum atomic E-state index is -0.172. The normalized spacial score (nSPS) is 17.0. The van der Waals surface area contributed by atoms with Gasteiger partial charge < -0.3 is 15.4 Å². The van der Waals surface area contributed by atoms with Crippen LogP contribution >= 0.6 is 24.0 Å². The smallest absolute Gasteiger partial charge is 0.307 e. The number of rotatable bonds is 7. The molecule has 22 heavy (non-hydrogen) atoms. The van der Waals surface area contributed by atoms with Crippen LogP contribution in [-0.2, 0) is 9.53 Å². The number of hydrogen-bond acceptors (Lipinski definition) is 3. The fraction of sp³-hybridized carbons (Fsp3) is 0.875. The molecule has 0 unspecified atom stereocenters. The van der Waals surface area contributed by atoms with Gasteiger partial charge in [0.05, 0.1) is 12.5 Å². The first-order valence-corrected chi connectivity index (χ1v) is 8.15. The van der Waals surface area contributed by atoms with E-state index in [1.807, 2.05) is 13.8 Å². The fourth-order valence-corrected chi connectivity index (χ4v) is 2.88. The molecule has 1 aliphatic carbocycles. The van der Waals surface area contributed by atoms with Crippen LogP contribution in [0.4, 0.5) is 0 Å². The molecule has 0 amide bonds. The number of carbonyl (C=O) groups is 1. The van der Waals surface area contributed by atoms with Gasteiger partial charge >= 0.3 is 5.97 Å². The highest BCUT2D eigenvalue weighted by Crippen LogP contribution is 2.40. The second kappa shape index (κ2) is 11.1. The number of halogens is 1. The van der Waals surface area contributed by atoms with E-state index in [-0.39, 0.29) is 36.0 Å². The summed E-state index contributed by atoms with van der Waals surface area (Å²) in [5.74, 6) is 0.598. The summed E-state index contributed by atoms with van der Waals surface area (Å²) in [5.41, 5.74) is 0.425.